The third kappa shape index (κ3) is 6.07. The SMILES string of the molecule is CCOC(=O)CN1CCC(NC(=O)c2ccccc2-c2ccc(C(F)(F)F)cc2)CC1. The third-order valence-electron chi connectivity index (χ3n) is 5.28. The molecule has 0 aromatic heterocycles. The number of nitrogens with one attached hydrogen (secondary N) is 1. The number of rotatable bonds is 6. The highest BCUT2D eigenvalue weighted by Gasteiger charge is 2.30. The van der Waals surface area contributed by atoms with E-state index in [2.05, 4.69) is 5.32 Å². The van der Waals surface area contributed by atoms with Crippen LogP contribution in [0.1, 0.15) is 35.7 Å². The van der Waals surface area contributed by atoms with Gasteiger partial charge in [0.15, 0.2) is 0 Å². The second kappa shape index (κ2) is 9.96. The molecular formula is C23H25F3N2O3. The molecule has 1 saturated heterocycles. The average molecular weight is 434 g/mol. The standard InChI is InChI=1S/C23H25F3N2O3/c1-2-31-21(29)15-28-13-11-18(12-14-28)27-22(30)20-6-4-3-5-19(20)16-7-9-17(10-8-16)23(24,25)26/h3-10,18H,2,11-15H2,1H3,(H,27,30). The van der Waals surface area contributed by atoms with E-state index in [1.807, 2.05) is 4.90 Å². The first-order valence-electron chi connectivity index (χ1n) is 10.2. The van der Waals surface area contributed by atoms with Crippen LogP contribution in [0.15, 0.2) is 48.5 Å². The van der Waals surface area contributed by atoms with Crippen LogP contribution in [0.4, 0.5) is 13.2 Å². The predicted octanol–water partition coefficient (Wildman–Crippen LogP) is 4.13. The van der Waals surface area contributed by atoms with Crippen molar-refractivity contribution in [2.75, 3.05) is 26.2 Å². The van der Waals surface area contributed by atoms with Crippen LogP contribution in [0.3, 0.4) is 0 Å². The number of halogens is 3. The molecule has 0 bridgehead atoms. The molecule has 1 amide bonds. The Morgan fingerprint density at radius 3 is 2.32 bits per heavy atom. The van der Waals surface area contributed by atoms with Crippen molar-refractivity contribution in [3.05, 3.63) is 59.7 Å². The van der Waals surface area contributed by atoms with Crippen LogP contribution in [0.2, 0.25) is 0 Å². The summed E-state index contributed by atoms with van der Waals surface area (Å²) in [6.07, 6.45) is -3.00. The fourth-order valence-electron chi connectivity index (χ4n) is 3.66. The minimum atomic E-state index is -4.41. The van der Waals surface area contributed by atoms with Gasteiger partial charge in [-0.1, -0.05) is 30.3 Å². The smallest absolute Gasteiger partial charge is 0.416 e. The van der Waals surface area contributed by atoms with Gasteiger partial charge in [-0.25, -0.2) is 0 Å². The number of hydrogen-bond acceptors (Lipinski definition) is 4. The summed E-state index contributed by atoms with van der Waals surface area (Å²) in [6, 6.07) is 11.6. The number of nitrogens with zero attached hydrogens (tertiary/aromatic N) is 1. The van der Waals surface area contributed by atoms with Gasteiger partial charge in [-0.2, -0.15) is 13.2 Å². The van der Waals surface area contributed by atoms with Gasteiger partial charge < -0.3 is 10.1 Å². The van der Waals surface area contributed by atoms with E-state index in [-0.39, 0.29) is 24.5 Å². The fraction of sp³-hybridized carbons (Fsp3) is 0.391. The van der Waals surface area contributed by atoms with E-state index in [0.29, 0.717) is 49.2 Å². The molecule has 31 heavy (non-hydrogen) atoms. The zero-order valence-electron chi connectivity index (χ0n) is 17.2. The zero-order valence-corrected chi connectivity index (χ0v) is 17.2. The quantitative estimate of drug-likeness (QED) is 0.695. The number of ether oxygens (including phenoxy) is 1. The molecule has 8 heteroatoms. The number of carbonyl (C=O) groups excluding carboxylic acids is 2. The second-order valence-electron chi connectivity index (χ2n) is 7.45. The molecule has 2 aromatic carbocycles. The number of piperidine rings is 1. The first kappa shape index (κ1) is 22.8. The van der Waals surface area contributed by atoms with Crippen molar-refractivity contribution >= 4 is 11.9 Å². The average Bonchev–Trinajstić information content (AvgIpc) is 2.75. The van der Waals surface area contributed by atoms with Crippen LogP contribution < -0.4 is 5.32 Å². The highest BCUT2D eigenvalue weighted by atomic mass is 19.4. The minimum Gasteiger partial charge on any atom is -0.465 e. The van der Waals surface area contributed by atoms with Crippen molar-refractivity contribution < 1.29 is 27.5 Å². The van der Waals surface area contributed by atoms with Gasteiger partial charge >= 0.3 is 12.1 Å². The number of likely N-dealkylation sites (tertiary alicyclic amines) is 1. The Morgan fingerprint density at radius 2 is 1.71 bits per heavy atom. The van der Waals surface area contributed by atoms with Crippen molar-refractivity contribution in [2.45, 2.75) is 32.0 Å². The van der Waals surface area contributed by atoms with Crippen molar-refractivity contribution in [3.8, 4) is 11.1 Å². The van der Waals surface area contributed by atoms with E-state index < -0.39 is 11.7 Å². The lowest BCUT2D eigenvalue weighted by Crippen LogP contribution is -2.46. The molecule has 1 N–H and O–H groups in total. The van der Waals surface area contributed by atoms with E-state index in [9.17, 15) is 22.8 Å². The molecule has 1 aliphatic rings. The van der Waals surface area contributed by atoms with Crippen molar-refractivity contribution in [3.63, 3.8) is 0 Å². The minimum absolute atomic E-state index is 0.0355. The van der Waals surface area contributed by atoms with Crippen LogP contribution in [-0.2, 0) is 15.7 Å². The number of carbonyl (C=O) groups is 2. The molecule has 0 unspecified atom stereocenters. The van der Waals surface area contributed by atoms with Gasteiger partial charge in [0, 0.05) is 24.7 Å². The van der Waals surface area contributed by atoms with Gasteiger partial charge in [-0.3, -0.25) is 14.5 Å². The van der Waals surface area contributed by atoms with E-state index in [1.165, 1.54) is 12.1 Å². The molecule has 1 fully saturated rings. The monoisotopic (exact) mass is 434 g/mol. The summed E-state index contributed by atoms with van der Waals surface area (Å²) in [5, 5.41) is 3.02. The summed E-state index contributed by atoms with van der Waals surface area (Å²) in [7, 11) is 0. The zero-order chi connectivity index (χ0) is 22.4. The van der Waals surface area contributed by atoms with Crippen LogP contribution in [0, 0.1) is 0 Å². The van der Waals surface area contributed by atoms with Gasteiger partial charge in [0.25, 0.3) is 5.91 Å². The van der Waals surface area contributed by atoms with Gasteiger partial charge in [-0.05, 0) is 49.1 Å². The molecule has 3 rings (SSSR count). The summed E-state index contributed by atoms with van der Waals surface area (Å²) in [6.45, 7) is 3.70. The Balaban J connectivity index is 1.64. The van der Waals surface area contributed by atoms with E-state index >= 15 is 0 Å². The van der Waals surface area contributed by atoms with Gasteiger partial charge in [0.1, 0.15) is 0 Å². The third-order valence-corrected chi connectivity index (χ3v) is 5.28. The van der Waals surface area contributed by atoms with Crippen molar-refractivity contribution in [2.24, 2.45) is 0 Å². The number of esters is 1. The van der Waals surface area contributed by atoms with Gasteiger partial charge in [-0.15, -0.1) is 0 Å². The van der Waals surface area contributed by atoms with E-state index in [0.717, 1.165) is 12.1 Å². The Morgan fingerprint density at radius 1 is 1.06 bits per heavy atom. The van der Waals surface area contributed by atoms with Crippen molar-refractivity contribution in [1.82, 2.24) is 10.2 Å². The normalized spacial score (nSPS) is 15.5. The molecule has 0 saturated carbocycles. The molecule has 2 aromatic rings. The number of amides is 1. The van der Waals surface area contributed by atoms with E-state index in [4.69, 9.17) is 4.74 Å². The molecule has 1 heterocycles. The lowest BCUT2D eigenvalue weighted by Gasteiger charge is -2.31. The maximum atomic E-state index is 12.9. The summed E-state index contributed by atoms with van der Waals surface area (Å²) >= 11 is 0. The highest BCUT2D eigenvalue weighted by molar-refractivity contribution is 6.01. The summed E-state index contributed by atoms with van der Waals surface area (Å²) in [4.78, 5) is 26.5. The van der Waals surface area contributed by atoms with Crippen molar-refractivity contribution in [1.29, 1.82) is 0 Å². The van der Waals surface area contributed by atoms with Crippen LogP contribution in [0.5, 0.6) is 0 Å². The summed E-state index contributed by atoms with van der Waals surface area (Å²) in [5.74, 6) is -0.519. The lowest BCUT2D eigenvalue weighted by atomic mass is 9.97. The molecule has 166 valence electrons. The number of hydrogen-bond donors (Lipinski definition) is 1. The lowest BCUT2D eigenvalue weighted by molar-refractivity contribution is -0.144. The predicted molar refractivity (Wildman–Crippen MR) is 110 cm³/mol. The Bertz CT molecular complexity index is 905. The molecule has 0 spiro atoms. The maximum Gasteiger partial charge on any atom is 0.416 e. The first-order chi connectivity index (χ1) is 14.8. The Labute approximate surface area is 179 Å². The number of benzene rings is 2. The maximum absolute atomic E-state index is 12.9. The van der Waals surface area contributed by atoms with Crippen LogP contribution >= 0.6 is 0 Å². The van der Waals surface area contributed by atoms with Gasteiger partial charge in [0.05, 0.1) is 18.7 Å². The molecule has 0 aliphatic carbocycles. The summed E-state index contributed by atoms with van der Waals surface area (Å²) in [5.41, 5.74) is 0.806. The molecule has 1 aliphatic heterocycles. The number of alkyl halides is 3. The summed E-state index contributed by atoms with van der Waals surface area (Å²) < 4.78 is 43.5. The highest BCUT2D eigenvalue weighted by Crippen LogP contribution is 2.32. The van der Waals surface area contributed by atoms with Crippen LogP contribution in [0.25, 0.3) is 11.1 Å². The Hall–Kier alpha value is -2.87. The topological polar surface area (TPSA) is 58.6 Å². The fourth-order valence-corrected chi connectivity index (χ4v) is 3.66. The first-order valence-corrected chi connectivity index (χ1v) is 10.2. The largest absolute Gasteiger partial charge is 0.465 e. The van der Waals surface area contributed by atoms with Gasteiger partial charge in [0.2, 0.25) is 0 Å². The second-order valence-corrected chi connectivity index (χ2v) is 7.45. The van der Waals surface area contributed by atoms with E-state index in [1.54, 1.807) is 31.2 Å². The molecule has 0 radical (unpaired) electrons. The molecule has 5 nitrogen and oxygen atoms in total. The molecule has 0 atom stereocenters. The van der Waals surface area contributed by atoms with Crippen LogP contribution in [-0.4, -0.2) is 49.1 Å². The molecular weight excluding hydrogens is 409 g/mol. The Kier molecular flexibility index (Phi) is 7.33.